The Morgan fingerprint density at radius 3 is 2.59 bits per heavy atom. The SMILES string of the molecule is C=CC(Cl)(CCCCC)OCc1ccccc1. The minimum absolute atomic E-state index is 0.530. The van der Waals surface area contributed by atoms with Gasteiger partial charge in [0.2, 0.25) is 0 Å². The van der Waals surface area contributed by atoms with E-state index in [9.17, 15) is 0 Å². The Hall–Kier alpha value is -0.790. The summed E-state index contributed by atoms with van der Waals surface area (Å²) in [4.78, 5) is 0. The van der Waals surface area contributed by atoms with Gasteiger partial charge in [-0.05, 0) is 24.5 Å². The smallest absolute Gasteiger partial charge is 0.160 e. The van der Waals surface area contributed by atoms with Gasteiger partial charge in [-0.1, -0.05) is 68.3 Å². The van der Waals surface area contributed by atoms with Crippen molar-refractivity contribution in [3.63, 3.8) is 0 Å². The molecule has 1 aromatic rings. The van der Waals surface area contributed by atoms with Crippen LogP contribution in [0.5, 0.6) is 0 Å². The monoisotopic (exact) mass is 252 g/mol. The summed E-state index contributed by atoms with van der Waals surface area (Å²) < 4.78 is 5.76. The molecule has 0 amide bonds. The first kappa shape index (κ1) is 14.3. The maximum atomic E-state index is 6.37. The van der Waals surface area contributed by atoms with Crippen LogP contribution in [-0.4, -0.2) is 5.06 Å². The Bertz CT molecular complexity index is 323. The van der Waals surface area contributed by atoms with Crippen molar-refractivity contribution >= 4 is 11.6 Å². The molecule has 0 bridgehead atoms. The van der Waals surface area contributed by atoms with E-state index in [0.29, 0.717) is 6.61 Å². The van der Waals surface area contributed by atoms with Crippen LogP contribution in [0.4, 0.5) is 0 Å². The number of hydrogen-bond acceptors (Lipinski definition) is 1. The van der Waals surface area contributed by atoms with E-state index in [0.717, 1.165) is 18.4 Å². The van der Waals surface area contributed by atoms with Crippen molar-refractivity contribution in [2.24, 2.45) is 0 Å². The Kier molecular flexibility index (Phi) is 6.31. The second-order valence-electron chi connectivity index (χ2n) is 4.22. The van der Waals surface area contributed by atoms with Gasteiger partial charge in [0.15, 0.2) is 5.06 Å². The fourth-order valence-corrected chi connectivity index (χ4v) is 1.81. The van der Waals surface area contributed by atoms with Crippen LogP contribution in [0.3, 0.4) is 0 Å². The summed E-state index contributed by atoms with van der Waals surface area (Å²) in [5.74, 6) is 0. The molecule has 0 N–H and O–H groups in total. The van der Waals surface area contributed by atoms with Crippen molar-refractivity contribution in [2.75, 3.05) is 0 Å². The lowest BCUT2D eigenvalue weighted by Crippen LogP contribution is -2.22. The van der Waals surface area contributed by atoms with E-state index in [1.54, 1.807) is 6.08 Å². The minimum Gasteiger partial charge on any atom is -0.351 e. The molecular weight excluding hydrogens is 232 g/mol. The molecule has 1 atom stereocenters. The number of rotatable bonds is 8. The van der Waals surface area contributed by atoms with Crippen molar-refractivity contribution in [1.29, 1.82) is 0 Å². The van der Waals surface area contributed by atoms with Crippen LogP contribution >= 0.6 is 11.6 Å². The number of unbranched alkanes of at least 4 members (excludes halogenated alkanes) is 2. The third kappa shape index (κ3) is 5.38. The van der Waals surface area contributed by atoms with Gasteiger partial charge in [-0.15, -0.1) is 0 Å². The number of alkyl halides is 1. The van der Waals surface area contributed by atoms with Gasteiger partial charge in [-0.25, -0.2) is 0 Å². The van der Waals surface area contributed by atoms with Crippen LogP contribution < -0.4 is 0 Å². The molecule has 2 heteroatoms. The minimum atomic E-state index is -0.717. The van der Waals surface area contributed by atoms with Gasteiger partial charge >= 0.3 is 0 Å². The summed E-state index contributed by atoms with van der Waals surface area (Å²) in [7, 11) is 0. The second-order valence-corrected chi connectivity index (χ2v) is 4.86. The van der Waals surface area contributed by atoms with E-state index >= 15 is 0 Å². The second kappa shape index (κ2) is 7.52. The topological polar surface area (TPSA) is 9.23 Å². The summed E-state index contributed by atoms with van der Waals surface area (Å²) in [6.07, 6.45) is 5.95. The average Bonchev–Trinajstić information content (AvgIpc) is 2.38. The fraction of sp³-hybridized carbons (Fsp3) is 0.467. The van der Waals surface area contributed by atoms with E-state index in [1.165, 1.54) is 12.8 Å². The maximum absolute atomic E-state index is 6.37. The zero-order chi connectivity index (χ0) is 12.6. The first-order chi connectivity index (χ1) is 8.20. The standard InChI is InChI=1S/C15H21ClO/c1-3-5-9-12-15(16,4-2)17-13-14-10-7-6-8-11-14/h4,6-8,10-11H,2-3,5,9,12-13H2,1H3. The molecule has 1 unspecified atom stereocenters. The predicted molar refractivity (Wildman–Crippen MR) is 74.2 cm³/mol. The quantitative estimate of drug-likeness (QED) is 0.363. The Labute approximate surface area is 109 Å². The van der Waals surface area contributed by atoms with E-state index < -0.39 is 5.06 Å². The number of benzene rings is 1. The van der Waals surface area contributed by atoms with E-state index in [2.05, 4.69) is 13.5 Å². The van der Waals surface area contributed by atoms with Crippen LogP contribution in [0.15, 0.2) is 43.0 Å². The number of ether oxygens (including phenoxy) is 1. The highest BCUT2D eigenvalue weighted by molar-refractivity contribution is 6.24. The highest BCUT2D eigenvalue weighted by atomic mass is 35.5. The first-order valence-electron chi connectivity index (χ1n) is 6.20. The fourth-order valence-electron chi connectivity index (χ4n) is 1.63. The molecule has 0 aromatic heterocycles. The van der Waals surface area contributed by atoms with Crippen molar-refractivity contribution in [2.45, 2.75) is 44.3 Å². The molecule has 17 heavy (non-hydrogen) atoms. The molecule has 0 aliphatic carbocycles. The Morgan fingerprint density at radius 1 is 1.29 bits per heavy atom. The molecule has 0 aliphatic heterocycles. The van der Waals surface area contributed by atoms with Gasteiger partial charge in [0.25, 0.3) is 0 Å². The van der Waals surface area contributed by atoms with Crippen LogP contribution in [-0.2, 0) is 11.3 Å². The molecule has 0 radical (unpaired) electrons. The zero-order valence-electron chi connectivity index (χ0n) is 10.5. The highest BCUT2D eigenvalue weighted by Crippen LogP contribution is 2.27. The third-order valence-corrected chi connectivity index (χ3v) is 3.20. The van der Waals surface area contributed by atoms with Gasteiger partial charge < -0.3 is 4.74 Å². The summed E-state index contributed by atoms with van der Waals surface area (Å²) in [5.41, 5.74) is 1.13. The molecule has 0 saturated heterocycles. The van der Waals surface area contributed by atoms with Gasteiger partial charge in [0, 0.05) is 0 Å². The van der Waals surface area contributed by atoms with Gasteiger partial charge in [-0.2, -0.15) is 0 Å². The van der Waals surface area contributed by atoms with Gasteiger partial charge in [0.1, 0.15) is 0 Å². The summed E-state index contributed by atoms with van der Waals surface area (Å²) in [5, 5.41) is -0.717. The Balaban J connectivity index is 2.43. The Morgan fingerprint density at radius 2 is 2.00 bits per heavy atom. The number of hydrogen-bond donors (Lipinski definition) is 0. The van der Waals surface area contributed by atoms with Crippen LogP contribution in [0.25, 0.3) is 0 Å². The summed E-state index contributed by atoms with van der Waals surface area (Å²) >= 11 is 6.37. The van der Waals surface area contributed by atoms with Crippen molar-refractivity contribution in [3.05, 3.63) is 48.6 Å². The molecule has 0 spiro atoms. The number of halogens is 1. The average molecular weight is 253 g/mol. The van der Waals surface area contributed by atoms with Crippen LogP contribution in [0.2, 0.25) is 0 Å². The molecular formula is C15H21ClO. The van der Waals surface area contributed by atoms with E-state index in [4.69, 9.17) is 16.3 Å². The maximum Gasteiger partial charge on any atom is 0.160 e. The normalized spacial score (nSPS) is 14.2. The molecule has 1 rings (SSSR count). The van der Waals surface area contributed by atoms with Crippen LogP contribution in [0.1, 0.15) is 38.2 Å². The zero-order valence-corrected chi connectivity index (χ0v) is 11.2. The lowest BCUT2D eigenvalue weighted by molar-refractivity contribution is 0.0334. The molecule has 1 aromatic carbocycles. The largest absolute Gasteiger partial charge is 0.351 e. The van der Waals surface area contributed by atoms with Crippen molar-refractivity contribution in [3.8, 4) is 0 Å². The lowest BCUT2D eigenvalue weighted by Gasteiger charge is -2.23. The molecule has 94 valence electrons. The summed E-state index contributed by atoms with van der Waals surface area (Å²) in [6, 6.07) is 10.1. The predicted octanol–water partition coefficient (Wildman–Crippen LogP) is 4.90. The highest BCUT2D eigenvalue weighted by Gasteiger charge is 2.23. The molecule has 0 aliphatic rings. The summed E-state index contributed by atoms with van der Waals surface area (Å²) in [6.45, 7) is 6.47. The molecule has 0 fully saturated rings. The lowest BCUT2D eigenvalue weighted by atomic mass is 10.1. The molecule has 0 heterocycles. The first-order valence-corrected chi connectivity index (χ1v) is 6.58. The van der Waals surface area contributed by atoms with E-state index in [1.807, 2.05) is 30.3 Å². The van der Waals surface area contributed by atoms with Crippen molar-refractivity contribution in [1.82, 2.24) is 0 Å². The molecule has 1 nitrogen and oxygen atoms in total. The molecule has 0 saturated carbocycles. The van der Waals surface area contributed by atoms with E-state index in [-0.39, 0.29) is 0 Å². The van der Waals surface area contributed by atoms with Gasteiger partial charge in [-0.3, -0.25) is 0 Å². The van der Waals surface area contributed by atoms with Gasteiger partial charge in [0.05, 0.1) is 6.61 Å². The third-order valence-electron chi connectivity index (χ3n) is 2.75. The van der Waals surface area contributed by atoms with Crippen molar-refractivity contribution < 1.29 is 4.74 Å². The van der Waals surface area contributed by atoms with Crippen LogP contribution in [0, 0.1) is 0 Å².